The molecule has 0 unspecified atom stereocenters. The Hall–Kier alpha value is -3.74. The zero-order chi connectivity index (χ0) is 20.7. The molecule has 2 aliphatic heterocycles. The third-order valence-electron chi connectivity index (χ3n) is 5.20. The van der Waals surface area contributed by atoms with Gasteiger partial charge in [0.25, 0.3) is 0 Å². The van der Waals surface area contributed by atoms with E-state index in [9.17, 15) is 9.18 Å². The van der Waals surface area contributed by atoms with Gasteiger partial charge in [-0.1, -0.05) is 18.2 Å². The van der Waals surface area contributed by atoms with Crippen LogP contribution in [0.2, 0.25) is 0 Å². The molecular weight excluding hydrogens is 389 g/mol. The third kappa shape index (κ3) is 3.08. The van der Waals surface area contributed by atoms with E-state index >= 15 is 0 Å². The summed E-state index contributed by atoms with van der Waals surface area (Å²) in [7, 11) is 1.59. The molecule has 3 aromatic carbocycles. The molecule has 7 heteroatoms. The number of para-hydroxylation sites is 1. The van der Waals surface area contributed by atoms with E-state index in [4.69, 9.17) is 18.9 Å². The van der Waals surface area contributed by atoms with Crippen molar-refractivity contribution in [2.75, 3.05) is 19.2 Å². The van der Waals surface area contributed by atoms with Crippen molar-refractivity contribution >= 4 is 11.5 Å². The number of hydrogen-bond acceptors (Lipinski definition) is 6. The Morgan fingerprint density at radius 2 is 1.80 bits per heavy atom. The molecule has 2 aliphatic rings. The smallest absolute Gasteiger partial charge is 0.231 e. The molecule has 152 valence electrons. The average molecular weight is 407 g/mol. The maximum Gasteiger partial charge on any atom is 0.231 e. The zero-order valence-electron chi connectivity index (χ0n) is 16.2. The molecule has 0 atom stereocenters. The first kappa shape index (κ1) is 18.3. The van der Waals surface area contributed by atoms with E-state index < -0.39 is 5.82 Å². The van der Waals surface area contributed by atoms with Crippen molar-refractivity contribution in [1.29, 1.82) is 0 Å². The molecule has 5 rings (SSSR count). The van der Waals surface area contributed by atoms with Gasteiger partial charge in [-0.3, -0.25) is 4.79 Å². The summed E-state index contributed by atoms with van der Waals surface area (Å²) < 4.78 is 36.7. The van der Waals surface area contributed by atoms with Crippen molar-refractivity contribution in [3.63, 3.8) is 0 Å². The molecule has 0 saturated heterocycles. The second kappa shape index (κ2) is 7.26. The number of carbonyl (C=O) groups is 1. The van der Waals surface area contributed by atoms with Crippen molar-refractivity contribution in [1.82, 2.24) is 0 Å². The standard InChI is InChI=1S/C23H18FNO5/c1-27-19-5-3-2-4-13(19)10-25-18-6-14-11-28-20-9-22-21(29-12-30-22)8-16(20)23(26)15(14)7-17(18)24/h2-9,25H,10-12H2,1H3. The summed E-state index contributed by atoms with van der Waals surface area (Å²) in [5.74, 6) is 1.28. The SMILES string of the molecule is COc1ccccc1CNc1cc2c(cc1F)C(=O)c1cc3c(cc1OC2)OCO3. The summed E-state index contributed by atoms with van der Waals surface area (Å²) in [6, 6.07) is 13.6. The number of halogens is 1. The average Bonchev–Trinajstić information content (AvgIpc) is 3.18. The fraction of sp³-hybridized carbons (Fsp3) is 0.174. The van der Waals surface area contributed by atoms with E-state index in [-0.39, 0.29) is 30.4 Å². The lowest BCUT2D eigenvalue weighted by atomic mass is 9.98. The molecule has 0 aromatic heterocycles. The van der Waals surface area contributed by atoms with Gasteiger partial charge in [0.05, 0.1) is 18.4 Å². The fourth-order valence-electron chi connectivity index (χ4n) is 3.64. The van der Waals surface area contributed by atoms with E-state index in [1.54, 1.807) is 25.3 Å². The summed E-state index contributed by atoms with van der Waals surface area (Å²) in [4.78, 5) is 13.1. The molecule has 0 spiro atoms. The van der Waals surface area contributed by atoms with Gasteiger partial charge in [0.15, 0.2) is 17.3 Å². The largest absolute Gasteiger partial charge is 0.496 e. The van der Waals surface area contributed by atoms with Crippen LogP contribution in [-0.2, 0) is 13.2 Å². The second-order valence-corrected chi connectivity index (χ2v) is 6.97. The van der Waals surface area contributed by atoms with Crippen molar-refractivity contribution in [3.05, 3.63) is 76.6 Å². The highest BCUT2D eigenvalue weighted by Gasteiger charge is 2.28. The number of nitrogens with one attached hydrogen (secondary N) is 1. The van der Waals surface area contributed by atoms with Gasteiger partial charge in [0.1, 0.15) is 23.9 Å². The topological polar surface area (TPSA) is 66.0 Å². The first-order valence-corrected chi connectivity index (χ1v) is 9.43. The Labute approximate surface area is 172 Å². The summed E-state index contributed by atoms with van der Waals surface area (Å²) in [5, 5.41) is 3.09. The van der Waals surface area contributed by atoms with Gasteiger partial charge >= 0.3 is 0 Å². The maximum atomic E-state index is 14.8. The molecule has 0 saturated carbocycles. The van der Waals surface area contributed by atoms with Crippen LogP contribution in [0.3, 0.4) is 0 Å². The van der Waals surface area contributed by atoms with E-state index in [1.165, 1.54) is 6.07 Å². The lowest BCUT2D eigenvalue weighted by Gasteiger charge is -2.13. The fourth-order valence-corrected chi connectivity index (χ4v) is 3.64. The van der Waals surface area contributed by atoms with Crippen molar-refractivity contribution < 1.29 is 28.1 Å². The molecular formula is C23H18FNO5. The van der Waals surface area contributed by atoms with Gasteiger partial charge in [0, 0.05) is 29.3 Å². The van der Waals surface area contributed by atoms with Gasteiger partial charge in [-0.05, 0) is 24.3 Å². The predicted octanol–water partition coefficient (Wildman–Crippen LogP) is 4.30. The Bertz CT molecular complexity index is 1160. The van der Waals surface area contributed by atoms with Crippen molar-refractivity contribution in [2.45, 2.75) is 13.2 Å². The number of benzene rings is 3. The lowest BCUT2D eigenvalue weighted by molar-refractivity contribution is 0.103. The number of ketones is 1. The first-order chi connectivity index (χ1) is 14.6. The molecule has 30 heavy (non-hydrogen) atoms. The Kier molecular flexibility index (Phi) is 4.43. The molecule has 6 nitrogen and oxygen atoms in total. The molecule has 2 heterocycles. The van der Waals surface area contributed by atoms with E-state index in [1.807, 2.05) is 24.3 Å². The molecule has 3 aromatic rings. The molecule has 0 aliphatic carbocycles. The van der Waals surface area contributed by atoms with Crippen LogP contribution in [0, 0.1) is 5.82 Å². The van der Waals surface area contributed by atoms with Gasteiger partial charge in [0.2, 0.25) is 6.79 Å². The number of ether oxygens (including phenoxy) is 4. The van der Waals surface area contributed by atoms with Gasteiger partial charge in [-0.15, -0.1) is 0 Å². The van der Waals surface area contributed by atoms with Crippen LogP contribution < -0.4 is 24.3 Å². The van der Waals surface area contributed by atoms with Gasteiger partial charge in [-0.25, -0.2) is 4.39 Å². The van der Waals surface area contributed by atoms with Crippen LogP contribution in [0.1, 0.15) is 27.0 Å². The normalized spacial score (nSPS) is 13.7. The number of carbonyl (C=O) groups excluding carboxylic acids is 1. The molecule has 0 radical (unpaired) electrons. The summed E-state index contributed by atoms with van der Waals surface area (Å²) in [5.41, 5.74) is 2.38. The van der Waals surface area contributed by atoms with Crippen molar-refractivity contribution in [3.8, 4) is 23.0 Å². The van der Waals surface area contributed by atoms with Crippen LogP contribution in [0.15, 0.2) is 48.5 Å². The van der Waals surface area contributed by atoms with E-state index in [0.29, 0.717) is 40.7 Å². The maximum absolute atomic E-state index is 14.8. The van der Waals surface area contributed by atoms with E-state index in [2.05, 4.69) is 5.32 Å². The van der Waals surface area contributed by atoms with Crippen LogP contribution in [0.5, 0.6) is 23.0 Å². The quantitative estimate of drug-likeness (QED) is 0.696. The Balaban J connectivity index is 1.45. The highest BCUT2D eigenvalue weighted by Crippen LogP contribution is 2.41. The second-order valence-electron chi connectivity index (χ2n) is 6.97. The minimum atomic E-state index is -0.513. The van der Waals surface area contributed by atoms with Crippen LogP contribution in [0.25, 0.3) is 0 Å². The Morgan fingerprint density at radius 1 is 1.00 bits per heavy atom. The van der Waals surface area contributed by atoms with Gasteiger partial charge < -0.3 is 24.3 Å². The monoisotopic (exact) mass is 407 g/mol. The summed E-state index contributed by atoms with van der Waals surface area (Å²) in [6.07, 6.45) is 0. The van der Waals surface area contributed by atoms with Gasteiger partial charge in [-0.2, -0.15) is 0 Å². The van der Waals surface area contributed by atoms with E-state index in [0.717, 1.165) is 5.56 Å². The number of anilines is 1. The zero-order valence-corrected chi connectivity index (χ0v) is 16.2. The minimum absolute atomic E-state index is 0.0961. The van der Waals surface area contributed by atoms with Crippen LogP contribution in [-0.4, -0.2) is 19.7 Å². The number of methoxy groups -OCH3 is 1. The van der Waals surface area contributed by atoms with Crippen LogP contribution >= 0.6 is 0 Å². The predicted molar refractivity (Wildman–Crippen MR) is 107 cm³/mol. The molecule has 0 amide bonds. The minimum Gasteiger partial charge on any atom is -0.496 e. The highest BCUT2D eigenvalue weighted by atomic mass is 19.1. The number of rotatable bonds is 4. The van der Waals surface area contributed by atoms with Crippen molar-refractivity contribution in [2.24, 2.45) is 0 Å². The number of hydrogen-bond donors (Lipinski definition) is 1. The highest BCUT2D eigenvalue weighted by molar-refractivity contribution is 6.12. The third-order valence-corrected chi connectivity index (χ3v) is 5.20. The summed E-state index contributed by atoms with van der Waals surface area (Å²) in [6.45, 7) is 0.604. The molecule has 1 N–H and O–H groups in total. The number of fused-ring (bicyclic) bond motifs is 3. The van der Waals surface area contributed by atoms with Crippen LogP contribution in [0.4, 0.5) is 10.1 Å². The Morgan fingerprint density at radius 3 is 2.63 bits per heavy atom. The molecule has 0 fully saturated rings. The molecule has 0 bridgehead atoms. The first-order valence-electron chi connectivity index (χ1n) is 9.43. The summed E-state index contributed by atoms with van der Waals surface area (Å²) >= 11 is 0. The lowest BCUT2D eigenvalue weighted by Crippen LogP contribution is -2.08.